The molecule has 7 heteroatoms. The zero-order chi connectivity index (χ0) is 22.9. The molecule has 0 fully saturated rings. The molecule has 4 aromatic rings. The number of aryl methyl sites for hydroxylation is 4. The predicted molar refractivity (Wildman–Crippen MR) is 128 cm³/mol. The molecule has 2 aromatic heterocycles. The van der Waals surface area contributed by atoms with E-state index in [1.165, 1.54) is 0 Å². The Kier molecular flexibility index (Phi) is 6.13. The van der Waals surface area contributed by atoms with Crippen LogP contribution in [0.3, 0.4) is 0 Å². The minimum Gasteiger partial charge on any atom is -0.296 e. The van der Waals surface area contributed by atoms with E-state index in [-0.39, 0.29) is 4.90 Å². The fourth-order valence-corrected chi connectivity index (χ4v) is 4.93. The molecule has 6 nitrogen and oxygen atoms in total. The Balaban J connectivity index is 1.51. The monoisotopic (exact) mass is 448 g/mol. The van der Waals surface area contributed by atoms with E-state index >= 15 is 0 Å². The van der Waals surface area contributed by atoms with Gasteiger partial charge in [0.25, 0.3) is 0 Å². The van der Waals surface area contributed by atoms with Crippen LogP contribution in [-0.2, 0) is 22.9 Å². The van der Waals surface area contributed by atoms with Gasteiger partial charge in [0.05, 0.1) is 16.1 Å². The number of nitrogens with one attached hydrogen (secondary N) is 1. The summed E-state index contributed by atoms with van der Waals surface area (Å²) in [5.74, 6) is 0.995. The molecule has 2 aromatic carbocycles. The van der Waals surface area contributed by atoms with Crippen molar-refractivity contribution >= 4 is 21.1 Å². The highest BCUT2D eigenvalue weighted by molar-refractivity contribution is 7.89. The average molecular weight is 449 g/mol. The van der Waals surface area contributed by atoms with E-state index in [2.05, 4.69) is 39.4 Å². The Morgan fingerprint density at radius 3 is 2.28 bits per heavy atom. The second kappa shape index (κ2) is 8.84. The van der Waals surface area contributed by atoms with Crippen LogP contribution in [0.25, 0.3) is 16.7 Å². The maximum absolute atomic E-state index is 12.5. The molecule has 32 heavy (non-hydrogen) atoms. The number of pyridine rings is 1. The molecule has 2 heterocycles. The van der Waals surface area contributed by atoms with Crippen LogP contribution in [0.2, 0.25) is 0 Å². The van der Waals surface area contributed by atoms with Crippen molar-refractivity contribution in [3.05, 3.63) is 82.9 Å². The van der Waals surface area contributed by atoms with Crippen LogP contribution in [-0.4, -0.2) is 29.5 Å². The minimum absolute atomic E-state index is 0.289. The molecule has 0 saturated heterocycles. The Bertz CT molecular complexity index is 1360. The van der Waals surface area contributed by atoms with E-state index in [0.717, 1.165) is 51.5 Å². The van der Waals surface area contributed by atoms with Crippen LogP contribution in [0, 0.1) is 20.8 Å². The molecule has 0 aliphatic rings. The average Bonchev–Trinajstić information content (AvgIpc) is 3.13. The van der Waals surface area contributed by atoms with Crippen LogP contribution < -0.4 is 4.72 Å². The van der Waals surface area contributed by atoms with E-state index in [0.29, 0.717) is 13.0 Å². The maximum atomic E-state index is 12.5. The second-order valence-corrected chi connectivity index (χ2v) is 9.83. The van der Waals surface area contributed by atoms with Crippen LogP contribution in [0.1, 0.15) is 35.3 Å². The molecule has 0 aliphatic heterocycles. The zero-order valence-electron chi connectivity index (χ0n) is 18.9. The molecule has 0 spiro atoms. The summed E-state index contributed by atoms with van der Waals surface area (Å²) >= 11 is 0. The summed E-state index contributed by atoms with van der Waals surface area (Å²) in [5, 5.41) is 0. The van der Waals surface area contributed by atoms with Crippen molar-refractivity contribution in [2.45, 2.75) is 45.4 Å². The van der Waals surface area contributed by atoms with Gasteiger partial charge in [-0.3, -0.25) is 9.55 Å². The van der Waals surface area contributed by atoms with E-state index in [9.17, 15) is 8.42 Å². The highest BCUT2D eigenvalue weighted by atomic mass is 32.2. The van der Waals surface area contributed by atoms with Crippen molar-refractivity contribution in [3.63, 3.8) is 0 Å². The van der Waals surface area contributed by atoms with Gasteiger partial charge in [-0.1, -0.05) is 36.8 Å². The first-order valence-electron chi connectivity index (χ1n) is 10.8. The van der Waals surface area contributed by atoms with E-state index in [1.807, 2.05) is 32.9 Å². The molecule has 0 aliphatic carbocycles. The third kappa shape index (κ3) is 4.45. The number of rotatable bonds is 7. The topological polar surface area (TPSA) is 76.9 Å². The molecule has 0 unspecified atom stereocenters. The number of hydrogen-bond donors (Lipinski definition) is 1. The maximum Gasteiger partial charge on any atom is 0.240 e. The first kappa shape index (κ1) is 22.2. The normalized spacial score (nSPS) is 11.9. The Morgan fingerprint density at radius 1 is 0.938 bits per heavy atom. The van der Waals surface area contributed by atoms with Crippen molar-refractivity contribution < 1.29 is 8.42 Å². The van der Waals surface area contributed by atoms with Gasteiger partial charge >= 0.3 is 0 Å². The van der Waals surface area contributed by atoms with Gasteiger partial charge in [-0.25, -0.2) is 18.1 Å². The van der Waals surface area contributed by atoms with Gasteiger partial charge in [0.15, 0.2) is 0 Å². The Morgan fingerprint density at radius 2 is 1.62 bits per heavy atom. The van der Waals surface area contributed by atoms with Crippen LogP contribution in [0.15, 0.2) is 59.5 Å². The summed E-state index contributed by atoms with van der Waals surface area (Å²) in [7, 11) is -3.50. The predicted octanol–water partition coefficient (Wildman–Crippen LogP) is 4.43. The van der Waals surface area contributed by atoms with Crippen molar-refractivity contribution in [1.29, 1.82) is 0 Å². The third-order valence-electron chi connectivity index (χ3n) is 5.56. The number of imidazole rings is 1. The fourth-order valence-electron chi connectivity index (χ4n) is 3.90. The molecular weight excluding hydrogens is 420 g/mol. The molecule has 0 saturated carbocycles. The molecule has 1 N–H and O–H groups in total. The summed E-state index contributed by atoms with van der Waals surface area (Å²) in [4.78, 5) is 9.64. The van der Waals surface area contributed by atoms with Gasteiger partial charge in [-0.05, 0) is 63.1 Å². The summed E-state index contributed by atoms with van der Waals surface area (Å²) in [6.45, 7) is 8.36. The molecule has 0 atom stereocenters. The van der Waals surface area contributed by atoms with E-state index in [4.69, 9.17) is 4.98 Å². The lowest BCUT2D eigenvalue weighted by molar-refractivity contribution is 0.581. The molecule has 166 valence electrons. The lowest BCUT2D eigenvalue weighted by atomic mass is 10.1. The number of sulfonamides is 1. The first-order valence-corrected chi connectivity index (χ1v) is 12.3. The lowest BCUT2D eigenvalue weighted by Crippen LogP contribution is -2.26. The van der Waals surface area contributed by atoms with Crippen molar-refractivity contribution in [2.24, 2.45) is 0 Å². The number of fused-ring (bicyclic) bond motifs is 1. The molecular formula is C25H28N4O2S. The van der Waals surface area contributed by atoms with Crippen LogP contribution in [0.5, 0.6) is 0 Å². The zero-order valence-corrected chi connectivity index (χ0v) is 19.7. The van der Waals surface area contributed by atoms with E-state index in [1.54, 1.807) is 24.3 Å². The smallest absolute Gasteiger partial charge is 0.240 e. The van der Waals surface area contributed by atoms with Crippen LogP contribution >= 0.6 is 0 Å². The van der Waals surface area contributed by atoms with Gasteiger partial charge < -0.3 is 0 Å². The van der Waals surface area contributed by atoms with Crippen molar-refractivity contribution in [3.8, 4) is 5.69 Å². The van der Waals surface area contributed by atoms with Crippen LogP contribution in [0.4, 0.5) is 0 Å². The summed E-state index contributed by atoms with van der Waals surface area (Å²) < 4.78 is 29.8. The number of benzene rings is 2. The van der Waals surface area contributed by atoms with Gasteiger partial charge in [0.2, 0.25) is 10.0 Å². The Hall–Kier alpha value is -3.03. The standard InChI is InChI=1S/C25H28N4O2S/c1-5-24-28-25-19(4)27-18(3)16-23(25)29(24)21-10-8-20(9-11-21)14-15-26-32(30,31)22-12-6-17(2)7-13-22/h6-13,16,26H,5,14-15H2,1-4H3. The van der Waals surface area contributed by atoms with Crippen molar-refractivity contribution in [2.75, 3.05) is 6.54 Å². The number of aromatic nitrogens is 3. The van der Waals surface area contributed by atoms with Gasteiger partial charge in [0.1, 0.15) is 11.3 Å². The largest absolute Gasteiger partial charge is 0.296 e. The Labute approximate surface area is 189 Å². The third-order valence-corrected chi connectivity index (χ3v) is 7.04. The van der Waals surface area contributed by atoms with Gasteiger partial charge in [-0.15, -0.1) is 0 Å². The SMILES string of the molecule is CCc1nc2c(C)nc(C)cc2n1-c1ccc(CCNS(=O)(=O)c2ccc(C)cc2)cc1. The molecule has 0 bridgehead atoms. The summed E-state index contributed by atoms with van der Waals surface area (Å²) in [5.41, 5.74) is 7.03. The summed E-state index contributed by atoms with van der Waals surface area (Å²) in [6.07, 6.45) is 1.43. The molecule has 4 rings (SSSR count). The van der Waals surface area contributed by atoms with E-state index < -0.39 is 10.0 Å². The number of nitrogens with zero attached hydrogens (tertiary/aromatic N) is 3. The quantitative estimate of drug-likeness (QED) is 0.454. The lowest BCUT2D eigenvalue weighted by Gasteiger charge is -2.11. The van der Waals surface area contributed by atoms with Crippen molar-refractivity contribution in [1.82, 2.24) is 19.3 Å². The highest BCUT2D eigenvalue weighted by Gasteiger charge is 2.15. The molecule has 0 amide bonds. The number of hydrogen-bond acceptors (Lipinski definition) is 4. The first-order chi connectivity index (χ1) is 15.3. The summed E-state index contributed by atoms with van der Waals surface area (Å²) in [6, 6.07) is 17.2. The van der Waals surface area contributed by atoms with Gasteiger partial charge in [0, 0.05) is 24.3 Å². The minimum atomic E-state index is -3.50. The highest BCUT2D eigenvalue weighted by Crippen LogP contribution is 2.24. The molecule has 0 radical (unpaired) electrons. The van der Waals surface area contributed by atoms with Gasteiger partial charge in [-0.2, -0.15) is 0 Å². The fraction of sp³-hybridized carbons (Fsp3) is 0.280. The second-order valence-electron chi connectivity index (χ2n) is 8.06.